The second-order valence-electron chi connectivity index (χ2n) is 4.56. The summed E-state index contributed by atoms with van der Waals surface area (Å²) in [6.07, 6.45) is 2.12. The van der Waals surface area contributed by atoms with Gasteiger partial charge in [-0.15, -0.1) is 0 Å². The van der Waals surface area contributed by atoms with Gasteiger partial charge in [0, 0.05) is 18.2 Å². The molecule has 1 amide bonds. The molecule has 0 aromatic heterocycles. The van der Waals surface area contributed by atoms with Crippen LogP contribution >= 0.6 is 0 Å². The molecule has 1 aromatic rings. The molecule has 6 nitrogen and oxygen atoms in total. The normalized spacial score (nSPS) is 18.7. The third kappa shape index (κ3) is 3.82. The number of rotatable bonds is 4. The van der Waals surface area contributed by atoms with Gasteiger partial charge in [0.2, 0.25) is 5.91 Å². The van der Waals surface area contributed by atoms with Crippen LogP contribution in [-0.4, -0.2) is 54.8 Å². The number of amides is 1. The monoisotopic (exact) mass is 291 g/mol. The van der Waals surface area contributed by atoms with Crippen LogP contribution in [0.3, 0.4) is 0 Å². The van der Waals surface area contributed by atoms with Crippen molar-refractivity contribution in [3.63, 3.8) is 0 Å². The van der Waals surface area contributed by atoms with E-state index < -0.39 is 12.1 Å². The summed E-state index contributed by atoms with van der Waals surface area (Å²) in [6, 6.07) is 7.33. The summed E-state index contributed by atoms with van der Waals surface area (Å²) in [4.78, 5) is 24.4. The molecule has 0 radical (unpaired) electrons. The molecule has 0 bridgehead atoms. The Morgan fingerprint density at radius 2 is 2.19 bits per heavy atom. The van der Waals surface area contributed by atoms with E-state index in [-0.39, 0.29) is 19.1 Å². The van der Waals surface area contributed by atoms with Gasteiger partial charge in [0.05, 0.1) is 20.3 Å². The Bertz CT molecular complexity index is 555. The number of hydrogen-bond donors (Lipinski definition) is 1. The number of carbonyl (C=O) groups excluding carboxylic acids is 1. The van der Waals surface area contributed by atoms with Gasteiger partial charge in [-0.05, 0) is 12.1 Å². The largest absolute Gasteiger partial charge is 0.496 e. The Labute approximate surface area is 122 Å². The topological polar surface area (TPSA) is 76.1 Å². The number of benzene rings is 1. The zero-order chi connectivity index (χ0) is 15.2. The first-order valence-electron chi connectivity index (χ1n) is 6.56. The lowest BCUT2D eigenvalue weighted by Crippen LogP contribution is -2.48. The van der Waals surface area contributed by atoms with E-state index in [1.54, 1.807) is 19.3 Å². The van der Waals surface area contributed by atoms with Crippen LogP contribution in [0.2, 0.25) is 0 Å². The van der Waals surface area contributed by atoms with Crippen molar-refractivity contribution in [2.75, 3.05) is 26.8 Å². The van der Waals surface area contributed by atoms with Crippen molar-refractivity contribution in [3.05, 3.63) is 35.9 Å². The zero-order valence-electron chi connectivity index (χ0n) is 11.7. The molecule has 1 heterocycles. The van der Waals surface area contributed by atoms with Crippen LogP contribution in [0.4, 0.5) is 0 Å². The SMILES string of the molecule is COc1ccccc1C=CC(=O)N1CCOC(C(=O)O)C1. The number of carboxylic acids is 1. The number of hydrogen-bond acceptors (Lipinski definition) is 4. The smallest absolute Gasteiger partial charge is 0.334 e. The molecule has 0 saturated carbocycles. The first kappa shape index (κ1) is 15.1. The maximum Gasteiger partial charge on any atom is 0.334 e. The molecular formula is C15H17NO5. The Kier molecular flexibility index (Phi) is 4.94. The van der Waals surface area contributed by atoms with Gasteiger partial charge in [-0.25, -0.2) is 4.79 Å². The van der Waals surface area contributed by atoms with E-state index >= 15 is 0 Å². The molecule has 1 saturated heterocycles. The Balaban J connectivity index is 2.03. The number of para-hydroxylation sites is 1. The number of nitrogens with zero attached hydrogens (tertiary/aromatic N) is 1. The highest BCUT2D eigenvalue weighted by Gasteiger charge is 2.27. The van der Waals surface area contributed by atoms with Crippen molar-refractivity contribution in [2.45, 2.75) is 6.10 Å². The predicted octanol–water partition coefficient (Wildman–Crippen LogP) is 1.02. The molecule has 112 valence electrons. The average Bonchev–Trinajstić information content (AvgIpc) is 2.52. The molecule has 2 rings (SSSR count). The molecule has 1 unspecified atom stereocenters. The van der Waals surface area contributed by atoms with Gasteiger partial charge in [-0.2, -0.15) is 0 Å². The highest BCUT2D eigenvalue weighted by molar-refractivity contribution is 5.92. The highest BCUT2D eigenvalue weighted by Crippen LogP contribution is 2.18. The van der Waals surface area contributed by atoms with Gasteiger partial charge in [-0.1, -0.05) is 18.2 Å². The van der Waals surface area contributed by atoms with E-state index in [4.69, 9.17) is 14.6 Å². The third-order valence-electron chi connectivity index (χ3n) is 3.20. The molecule has 1 aliphatic rings. The molecule has 0 aliphatic carbocycles. The lowest BCUT2D eigenvalue weighted by atomic mass is 10.2. The minimum Gasteiger partial charge on any atom is -0.496 e. The molecule has 1 atom stereocenters. The standard InChI is InChI=1S/C15H17NO5/c1-20-12-5-3-2-4-11(12)6-7-14(17)16-8-9-21-13(10-16)15(18)19/h2-7,13H,8-10H2,1H3,(H,18,19). The number of ether oxygens (including phenoxy) is 2. The fourth-order valence-electron chi connectivity index (χ4n) is 2.07. The molecular weight excluding hydrogens is 274 g/mol. The van der Waals surface area contributed by atoms with Gasteiger partial charge in [0.1, 0.15) is 5.75 Å². The van der Waals surface area contributed by atoms with E-state index in [2.05, 4.69) is 0 Å². The van der Waals surface area contributed by atoms with E-state index in [9.17, 15) is 9.59 Å². The van der Waals surface area contributed by atoms with E-state index in [0.29, 0.717) is 12.3 Å². The highest BCUT2D eigenvalue weighted by atomic mass is 16.5. The van der Waals surface area contributed by atoms with Crippen LogP contribution in [0.25, 0.3) is 6.08 Å². The Morgan fingerprint density at radius 1 is 1.43 bits per heavy atom. The number of carboxylic acid groups (broad SMARTS) is 1. The van der Waals surface area contributed by atoms with Gasteiger partial charge in [0.25, 0.3) is 0 Å². The summed E-state index contributed by atoms with van der Waals surface area (Å²) in [7, 11) is 1.56. The summed E-state index contributed by atoms with van der Waals surface area (Å²) in [6.45, 7) is 0.675. The molecule has 1 aliphatic heterocycles. The van der Waals surface area contributed by atoms with Gasteiger partial charge in [-0.3, -0.25) is 4.79 Å². The Morgan fingerprint density at radius 3 is 2.90 bits per heavy atom. The molecule has 21 heavy (non-hydrogen) atoms. The summed E-state index contributed by atoms with van der Waals surface area (Å²) in [5, 5.41) is 8.92. The van der Waals surface area contributed by atoms with Gasteiger partial charge < -0.3 is 19.5 Å². The van der Waals surface area contributed by atoms with Crippen molar-refractivity contribution in [2.24, 2.45) is 0 Å². The van der Waals surface area contributed by atoms with Crippen molar-refractivity contribution in [3.8, 4) is 5.75 Å². The maximum absolute atomic E-state index is 12.1. The predicted molar refractivity (Wildman–Crippen MR) is 76.0 cm³/mol. The fourth-order valence-corrected chi connectivity index (χ4v) is 2.07. The summed E-state index contributed by atoms with van der Waals surface area (Å²) >= 11 is 0. The van der Waals surface area contributed by atoms with Crippen molar-refractivity contribution < 1.29 is 24.2 Å². The van der Waals surface area contributed by atoms with Crippen LogP contribution in [0.1, 0.15) is 5.56 Å². The maximum atomic E-state index is 12.1. The summed E-state index contributed by atoms with van der Waals surface area (Å²) < 4.78 is 10.3. The molecule has 1 fully saturated rings. The second-order valence-corrected chi connectivity index (χ2v) is 4.56. The van der Waals surface area contributed by atoms with Crippen molar-refractivity contribution in [1.29, 1.82) is 0 Å². The lowest BCUT2D eigenvalue weighted by molar-refractivity contribution is -0.158. The average molecular weight is 291 g/mol. The second kappa shape index (κ2) is 6.90. The van der Waals surface area contributed by atoms with E-state index in [1.807, 2.05) is 18.2 Å². The van der Waals surface area contributed by atoms with Gasteiger partial charge >= 0.3 is 5.97 Å². The first-order valence-corrected chi connectivity index (χ1v) is 6.56. The zero-order valence-corrected chi connectivity index (χ0v) is 11.7. The number of aliphatic carboxylic acids is 1. The fraction of sp³-hybridized carbons (Fsp3) is 0.333. The van der Waals surface area contributed by atoms with Crippen LogP contribution < -0.4 is 4.74 Å². The summed E-state index contributed by atoms with van der Waals surface area (Å²) in [5.41, 5.74) is 0.788. The number of morpholine rings is 1. The lowest BCUT2D eigenvalue weighted by Gasteiger charge is -2.30. The van der Waals surface area contributed by atoms with E-state index in [1.165, 1.54) is 11.0 Å². The van der Waals surface area contributed by atoms with Crippen LogP contribution in [0.15, 0.2) is 30.3 Å². The molecule has 1 N–H and O–H groups in total. The van der Waals surface area contributed by atoms with Gasteiger partial charge in [0.15, 0.2) is 6.10 Å². The number of carbonyl (C=O) groups is 2. The minimum absolute atomic E-state index is 0.0600. The minimum atomic E-state index is -1.05. The number of methoxy groups -OCH3 is 1. The summed E-state index contributed by atoms with van der Waals surface area (Å²) in [5.74, 6) is -0.622. The van der Waals surface area contributed by atoms with Crippen molar-refractivity contribution in [1.82, 2.24) is 4.90 Å². The van der Waals surface area contributed by atoms with Crippen molar-refractivity contribution >= 4 is 18.0 Å². The van der Waals surface area contributed by atoms with Crippen LogP contribution in [0, 0.1) is 0 Å². The van der Waals surface area contributed by atoms with E-state index in [0.717, 1.165) is 5.56 Å². The molecule has 0 spiro atoms. The third-order valence-corrected chi connectivity index (χ3v) is 3.20. The van der Waals surface area contributed by atoms with Crippen LogP contribution in [-0.2, 0) is 14.3 Å². The first-order chi connectivity index (χ1) is 10.1. The quantitative estimate of drug-likeness (QED) is 0.838. The Hall–Kier alpha value is -2.34. The molecule has 1 aromatic carbocycles. The molecule has 6 heteroatoms. The van der Waals surface area contributed by atoms with Crippen LogP contribution in [0.5, 0.6) is 5.75 Å².